The Morgan fingerprint density at radius 3 is 2.57 bits per heavy atom. The van der Waals surface area contributed by atoms with Crippen molar-refractivity contribution in [2.24, 2.45) is 5.92 Å². The summed E-state index contributed by atoms with van der Waals surface area (Å²) in [7, 11) is 1.70. The zero-order valence-electron chi connectivity index (χ0n) is 20.2. The number of carbonyl (C=O) groups excluding carboxylic acids is 3. The summed E-state index contributed by atoms with van der Waals surface area (Å²) in [6.45, 7) is 2.60. The average Bonchev–Trinajstić information content (AvgIpc) is 3.13. The Morgan fingerprint density at radius 2 is 1.89 bits per heavy atom. The molecule has 2 aliphatic heterocycles. The monoisotopic (exact) mass is 479 g/mol. The number of aromatic nitrogens is 1. The Kier molecular flexibility index (Phi) is 8.13. The van der Waals surface area contributed by atoms with Crippen LogP contribution in [0.3, 0.4) is 0 Å². The average molecular weight is 480 g/mol. The number of likely N-dealkylation sites (tertiary alicyclic amines) is 2. The first-order valence-corrected chi connectivity index (χ1v) is 12.2. The SMILES string of the molecule is COCC1CCN(C(=O)CC2(c3ccccc3)CC(=O)N(CCCOc3cccnc3)C2=O)CC1. The van der Waals surface area contributed by atoms with Crippen molar-refractivity contribution in [3.63, 3.8) is 0 Å². The number of rotatable bonds is 10. The number of benzene rings is 1. The van der Waals surface area contributed by atoms with Crippen molar-refractivity contribution < 1.29 is 23.9 Å². The molecule has 0 aliphatic carbocycles. The van der Waals surface area contributed by atoms with Crippen molar-refractivity contribution in [3.8, 4) is 5.75 Å². The zero-order valence-corrected chi connectivity index (χ0v) is 20.2. The first kappa shape index (κ1) is 24.9. The Hall–Kier alpha value is -3.26. The number of hydrogen-bond acceptors (Lipinski definition) is 6. The minimum absolute atomic E-state index is 0.000778. The Morgan fingerprint density at radius 1 is 1.11 bits per heavy atom. The molecule has 2 saturated heterocycles. The fourth-order valence-corrected chi connectivity index (χ4v) is 5.05. The normalized spacial score (nSPS) is 20.9. The molecule has 1 aromatic heterocycles. The van der Waals surface area contributed by atoms with Gasteiger partial charge in [0.05, 0.1) is 18.2 Å². The van der Waals surface area contributed by atoms with E-state index in [2.05, 4.69) is 4.98 Å². The summed E-state index contributed by atoms with van der Waals surface area (Å²) < 4.78 is 10.9. The molecule has 2 aliphatic rings. The van der Waals surface area contributed by atoms with E-state index >= 15 is 0 Å². The van der Waals surface area contributed by atoms with Gasteiger partial charge in [-0.2, -0.15) is 0 Å². The Balaban J connectivity index is 1.44. The number of amides is 3. The molecule has 8 heteroatoms. The third-order valence-electron chi connectivity index (χ3n) is 6.99. The Labute approximate surface area is 206 Å². The molecular weight excluding hydrogens is 446 g/mol. The predicted molar refractivity (Wildman–Crippen MR) is 130 cm³/mol. The molecule has 2 fully saturated rings. The standard InChI is InChI=1S/C27H33N3O5/c1-34-20-21-10-14-29(15-11-21)24(31)17-27(22-7-3-2-4-8-22)18-25(32)30(26(27)33)13-6-16-35-23-9-5-12-28-19-23/h2-5,7-9,12,19,21H,6,10-11,13-18,20H2,1H3. The molecule has 1 unspecified atom stereocenters. The van der Waals surface area contributed by atoms with Gasteiger partial charge in [-0.25, -0.2) is 0 Å². The largest absolute Gasteiger partial charge is 0.492 e. The molecule has 2 aromatic rings. The molecule has 0 spiro atoms. The summed E-state index contributed by atoms with van der Waals surface area (Å²) in [5, 5.41) is 0. The molecule has 1 aromatic carbocycles. The van der Waals surface area contributed by atoms with Crippen molar-refractivity contribution in [3.05, 3.63) is 60.4 Å². The van der Waals surface area contributed by atoms with E-state index in [0.29, 0.717) is 44.4 Å². The lowest BCUT2D eigenvalue weighted by atomic mass is 9.75. The van der Waals surface area contributed by atoms with Crippen LogP contribution in [0.5, 0.6) is 5.75 Å². The van der Waals surface area contributed by atoms with Gasteiger partial charge in [0.2, 0.25) is 17.7 Å². The molecule has 0 radical (unpaired) electrons. The van der Waals surface area contributed by atoms with E-state index in [1.165, 1.54) is 4.90 Å². The number of carbonyl (C=O) groups is 3. The topological polar surface area (TPSA) is 89.0 Å². The minimum atomic E-state index is -1.16. The molecule has 3 amide bonds. The number of imide groups is 1. The maximum absolute atomic E-state index is 13.7. The van der Waals surface area contributed by atoms with Gasteiger partial charge in [-0.1, -0.05) is 30.3 Å². The molecule has 8 nitrogen and oxygen atoms in total. The maximum atomic E-state index is 13.7. The number of hydrogen-bond donors (Lipinski definition) is 0. The highest BCUT2D eigenvalue weighted by Crippen LogP contribution is 2.40. The second-order valence-corrected chi connectivity index (χ2v) is 9.32. The number of nitrogens with zero attached hydrogens (tertiary/aromatic N) is 3. The van der Waals surface area contributed by atoms with Crippen LogP contribution in [0.4, 0.5) is 0 Å². The van der Waals surface area contributed by atoms with Gasteiger partial charge in [-0.15, -0.1) is 0 Å². The van der Waals surface area contributed by atoms with Gasteiger partial charge in [0.15, 0.2) is 0 Å². The van der Waals surface area contributed by atoms with Crippen LogP contribution in [0.1, 0.15) is 37.7 Å². The summed E-state index contributed by atoms with van der Waals surface area (Å²) in [5.74, 6) is 0.480. The smallest absolute Gasteiger partial charge is 0.240 e. The van der Waals surface area contributed by atoms with Gasteiger partial charge >= 0.3 is 0 Å². The van der Waals surface area contributed by atoms with E-state index in [-0.39, 0.29) is 37.1 Å². The molecule has 186 valence electrons. The van der Waals surface area contributed by atoms with Crippen LogP contribution in [0.25, 0.3) is 0 Å². The van der Waals surface area contributed by atoms with E-state index < -0.39 is 5.41 Å². The minimum Gasteiger partial charge on any atom is -0.492 e. The van der Waals surface area contributed by atoms with Crippen LogP contribution in [0.2, 0.25) is 0 Å². The van der Waals surface area contributed by atoms with Crippen molar-refractivity contribution in [2.45, 2.75) is 37.5 Å². The van der Waals surface area contributed by atoms with E-state index in [9.17, 15) is 14.4 Å². The maximum Gasteiger partial charge on any atom is 0.240 e. The van der Waals surface area contributed by atoms with Gasteiger partial charge < -0.3 is 14.4 Å². The third kappa shape index (κ3) is 5.70. The second-order valence-electron chi connectivity index (χ2n) is 9.32. The quantitative estimate of drug-likeness (QED) is 0.385. The highest BCUT2D eigenvalue weighted by atomic mass is 16.5. The first-order chi connectivity index (χ1) is 17.0. The summed E-state index contributed by atoms with van der Waals surface area (Å²) in [5.41, 5.74) is -0.446. The van der Waals surface area contributed by atoms with Crippen LogP contribution in [0, 0.1) is 5.92 Å². The molecule has 0 bridgehead atoms. The van der Waals surface area contributed by atoms with Crippen LogP contribution in [-0.2, 0) is 24.5 Å². The summed E-state index contributed by atoms with van der Waals surface area (Å²) in [6, 6.07) is 12.8. The van der Waals surface area contributed by atoms with Crippen molar-refractivity contribution in [1.29, 1.82) is 0 Å². The molecule has 0 N–H and O–H groups in total. The lowest BCUT2D eigenvalue weighted by Gasteiger charge is -2.34. The Bertz CT molecular complexity index is 1010. The third-order valence-corrected chi connectivity index (χ3v) is 6.99. The van der Waals surface area contributed by atoms with Crippen LogP contribution < -0.4 is 4.74 Å². The lowest BCUT2D eigenvalue weighted by molar-refractivity contribution is -0.143. The lowest BCUT2D eigenvalue weighted by Crippen LogP contribution is -2.46. The fraction of sp³-hybridized carbons (Fsp3) is 0.481. The summed E-state index contributed by atoms with van der Waals surface area (Å²) >= 11 is 0. The van der Waals surface area contributed by atoms with Crippen LogP contribution in [-0.4, -0.2) is 72.5 Å². The second kappa shape index (κ2) is 11.4. The van der Waals surface area contributed by atoms with E-state index in [1.54, 1.807) is 25.6 Å². The molecule has 35 heavy (non-hydrogen) atoms. The van der Waals surface area contributed by atoms with Gasteiger partial charge in [0.1, 0.15) is 5.75 Å². The van der Waals surface area contributed by atoms with E-state index in [0.717, 1.165) is 18.4 Å². The summed E-state index contributed by atoms with van der Waals surface area (Å²) in [4.78, 5) is 47.3. The predicted octanol–water partition coefficient (Wildman–Crippen LogP) is 2.82. The van der Waals surface area contributed by atoms with E-state index in [4.69, 9.17) is 9.47 Å². The van der Waals surface area contributed by atoms with Crippen molar-refractivity contribution in [1.82, 2.24) is 14.8 Å². The number of methoxy groups -OCH3 is 1. The number of ether oxygens (including phenoxy) is 2. The molecule has 4 rings (SSSR count). The van der Waals surface area contributed by atoms with E-state index in [1.807, 2.05) is 41.3 Å². The molecule has 3 heterocycles. The van der Waals surface area contributed by atoms with Gasteiger partial charge in [0.25, 0.3) is 0 Å². The zero-order chi connectivity index (χ0) is 24.7. The number of piperidine rings is 1. The van der Waals surface area contributed by atoms with Gasteiger partial charge in [-0.05, 0) is 42.9 Å². The van der Waals surface area contributed by atoms with Gasteiger partial charge in [-0.3, -0.25) is 24.3 Å². The molecular formula is C27H33N3O5. The van der Waals surface area contributed by atoms with Crippen molar-refractivity contribution >= 4 is 17.7 Å². The van der Waals surface area contributed by atoms with Crippen LogP contribution in [0.15, 0.2) is 54.9 Å². The van der Waals surface area contributed by atoms with Gasteiger partial charge in [0, 0.05) is 52.4 Å². The first-order valence-electron chi connectivity index (χ1n) is 12.2. The highest BCUT2D eigenvalue weighted by Gasteiger charge is 2.53. The van der Waals surface area contributed by atoms with Crippen LogP contribution >= 0.6 is 0 Å². The number of pyridine rings is 1. The molecule has 1 atom stereocenters. The van der Waals surface area contributed by atoms with Crippen molar-refractivity contribution in [2.75, 3.05) is 40.0 Å². The molecule has 0 saturated carbocycles. The highest BCUT2D eigenvalue weighted by molar-refractivity contribution is 6.10. The fourth-order valence-electron chi connectivity index (χ4n) is 5.05. The summed E-state index contributed by atoms with van der Waals surface area (Å²) in [6.07, 6.45) is 5.56.